The first-order valence-electron chi connectivity index (χ1n) is 12.1. The molecule has 0 radical (unpaired) electrons. The van der Waals surface area contributed by atoms with Gasteiger partial charge in [-0.15, -0.1) is 0 Å². The summed E-state index contributed by atoms with van der Waals surface area (Å²) in [5, 5.41) is 4.17. The summed E-state index contributed by atoms with van der Waals surface area (Å²) in [5.41, 5.74) is 4.94. The molecule has 0 saturated heterocycles. The second kappa shape index (κ2) is 9.32. The normalized spacial score (nSPS) is 17.6. The lowest BCUT2D eigenvalue weighted by Gasteiger charge is -2.33. The van der Waals surface area contributed by atoms with Gasteiger partial charge in [-0.3, -0.25) is 9.48 Å². The molecule has 6 nitrogen and oxygen atoms in total. The Morgan fingerprint density at radius 3 is 2.77 bits per heavy atom. The van der Waals surface area contributed by atoms with Gasteiger partial charge in [0.25, 0.3) is 6.43 Å². The molecule has 2 aliphatic rings. The van der Waals surface area contributed by atoms with Gasteiger partial charge < -0.3 is 14.5 Å². The zero-order valence-corrected chi connectivity index (χ0v) is 20.3. The summed E-state index contributed by atoms with van der Waals surface area (Å²) < 4.78 is 36.1. The molecule has 0 N–H and O–H groups in total. The number of halogens is 2. The van der Waals surface area contributed by atoms with Crippen LogP contribution in [0.2, 0.25) is 0 Å². The zero-order valence-electron chi connectivity index (χ0n) is 20.3. The molecule has 3 heterocycles. The van der Waals surface area contributed by atoms with E-state index in [1.165, 1.54) is 0 Å². The van der Waals surface area contributed by atoms with Crippen LogP contribution in [0, 0.1) is 0 Å². The molecule has 0 aliphatic carbocycles. The van der Waals surface area contributed by atoms with E-state index in [-0.39, 0.29) is 17.6 Å². The number of anilines is 2. The number of aryl methyl sites for hydroxylation is 2. The molecule has 8 heteroatoms. The van der Waals surface area contributed by atoms with E-state index in [1.54, 1.807) is 30.2 Å². The minimum Gasteiger partial charge on any atom is -0.489 e. The summed E-state index contributed by atoms with van der Waals surface area (Å²) >= 11 is 0. The Hall–Kier alpha value is -3.42. The highest BCUT2D eigenvalue weighted by molar-refractivity contribution is 5.78. The fraction of sp³-hybridized carbons (Fsp3) is 0.407. The first-order valence-corrected chi connectivity index (χ1v) is 12.1. The lowest BCUT2D eigenvalue weighted by Crippen LogP contribution is -2.35. The molecule has 35 heavy (non-hydrogen) atoms. The third kappa shape index (κ3) is 4.49. The van der Waals surface area contributed by atoms with Crippen LogP contribution in [0.25, 0.3) is 11.1 Å². The van der Waals surface area contributed by atoms with Crippen LogP contribution in [0.15, 0.2) is 42.7 Å². The Balaban J connectivity index is 1.55. The lowest BCUT2D eigenvalue weighted by molar-refractivity contribution is -0.132. The summed E-state index contributed by atoms with van der Waals surface area (Å²) in [7, 11) is 1.78. The van der Waals surface area contributed by atoms with Crippen LogP contribution in [0.3, 0.4) is 0 Å². The second-order valence-corrected chi connectivity index (χ2v) is 9.38. The number of alkyl halides is 2. The standard InChI is InChI=1S/C27H30F2N4O2/c1-4-26(34)32-14-17(2)35-25-8-7-21(10-19(25)16-32)33-9-5-6-18-11-22(20-13-30-31(3)15-20)23(27(28)29)12-24(18)33/h7-8,10-13,15,17,27H,4-6,9,14,16H2,1-3H3. The van der Waals surface area contributed by atoms with Crippen molar-refractivity contribution in [1.82, 2.24) is 14.7 Å². The van der Waals surface area contributed by atoms with Gasteiger partial charge in [0.15, 0.2) is 0 Å². The average Bonchev–Trinajstić information content (AvgIpc) is 3.20. The molecule has 0 spiro atoms. The number of ether oxygens (including phenoxy) is 1. The maximum Gasteiger partial charge on any atom is 0.264 e. The second-order valence-electron chi connectivity index (χ2n) is 9.38. The molecule has 2 aliphatic heterocycles. The van der Waals surface area contributed by atoms with Gasteiger partial charge in [0.2, 0.25) is 5.91 Å². The number of hydrogen-bond acceptors (Lipinski definition) is 4. The summed E-state index contributed by atoms with van der Waals surface area (Å²) in [6.45, 7) is 5.57. The van der Waals surface area contributed by atoms with Crippen LogP contribution in [-0.4, -0.2) is 39.8 Å². The van der Waals surface area contributed by atoms with E-state index < -0.39 is 6.43 Å². The van der Waals surface area contributed by atoms with Crippen molar-refractivity contribution in [2.45, 2.75) is 52.2 Å². The number of fused-ring (bicyclic) bond motifs is 2. The number of carbonyl (C=O) groups excluding carboxylic acids is 1. The van der Waals surface area contributed by atoms with Crippen molar-refractivity contribution in [2.24, 2.45) is 7.05 Å². The van der Waals surface area contributed by atoms with Gasteiger partial charge in [-0.1, -0.05) is 6.92 Å². The van der Waals surface area contributed by atoms with Gasteiger partial charge in [-0.2, -0.15) is 5.10 Å². The van der Waals surface area contributed by atoms with E-state index in [9.17, 15) is 13.6 Å². The van der Waals surface area contributed by atoms with Crippen LogP contribution in [0.5, 0.6) is 5.75 Å². The Labute approximate surface area is 204 Å². The third-order valence-corrected chi connectivity index (χ3v) is 6.80. The van der Waals surface area contributed by atoms with Gasteiger partial charge in [0.1, 0.15) is 11.9 Å². The molecule has 1 atom stereocenters. The SMILES string of the molecule is CCC(=O)N1Cc2cc(N3CCCc4cc(-c5cnn(C)c5)c(C(F)F)cc43)ccc2OC(C)C1. The smallest absolute Gasteiger partial charge is 0.264 e. The van der Waals surface area contributed by atoms with Crippen LogP contribution in [0.4, 0.5) is 20.2 Å². The minimum atomic E-state index is -2.60. The van der Waals surface area contributed by atoms with Gasteiger partial charge >= 0.3 is 0 Å². The molecule has 0 fully saturated rings. The quantitative estimate of drug-likeness (QED) is 0.486. The maximum absolute atomic E-state index is 14.2. The molecular weight excluding hydrogens is 450 g/mol. The Morgan fingerprint density at radius 2 is 2.06 bits per heavy atom. The molecule has 1 aromatic heterocycles. The molecule has 5 rings (SSSR count). The minimum absolute atomic E-state index is 0.00952. The summed E-state index contributed by atoms with van der Waals surface area (Å²) in [5.74, 6) is 0.858. The van der Waals surface area contributed by atoms with E-state index in [0.717, 1.165) is 47.6 Å². The number of carbonyl (C=O) groups is 1. The summed E-state index contributed by atoms with van der Waals surface area (Å²) in [6, 6.07) is 9.49. The number of rotatable bonds is 4. The predicted molar refractivity (Wildman–Crippen MR) is 131 cm³/mol. The molecule has 0 saturated carbocycles. The molecule has 1 unspecified atom stereocenters. The highest BCUT2D eigenvalue weighted by Crippen LogP contribution is 2.42. The van der Waals surface area contributed by atoms with Crippen molar-refractivity contribution in [1.29, 1.82) is 0 Å². The Bertz CT molecular complexity index is 1260. The molecule has 2 aromatic carbocycles. The van der Waals surface area contributed by atoms with E-state index in [2.05, 4.69) is 10.00 Å². The monoisotopic (exact) mass is 480 g/mol. The summed E-state index contributed by atoms with van der Waals surface area (Å²) in [4.78, 5) is 16.4. The van der Waals surface area contributed by atoms with Crippen molar-refractivity contribution < 1.29 is 18.3 Å². The molecule has 1 amide bonds. The van der Waals surface area contributed by atoms with Crippen LogP contribution >= 0.6 is 0 Å². The van der Waals surface area contributed by atoms with Gasteiger partial charge in [0, 0.05) is 60.8 Å². The Kier molecular flexibility index (Phi) is 6.21. The molecule has 3 aromatic rings. The number of amides is 1. The Morgan fingerprint density at radius 1 is 1.23 bits per heavy atom. The van der Waals surface area contributed by atoms with E-state index >= 15 is 0 Å². The number of aromatic nitrogens is 2. The fourth-order valence-corrected chi connectivity index (χ4v) is 5.13. The van der Waals surface area contributed by atoms with Crippen molar-refractivity contribution in [3.05, 3.63) is 59.4 Å². The largest absolute Gasteiger partial charge is 0.489 e. The van der Waals surface area contributed by atoms with Crippen LogP contribution < -0.4 is 9.64 Å². The zero-order chi connectivity index (χ0) is 24.7. The van der Waals surface area contributed by atoms with E-state index in [1.807, 2.05) is 43.0 Å². The van der Waals surface area contributed by atoms with Crippen molar-refractivity contribution >= 4 is 17.3 Å². The van der Waals surface area contributed by atoms with Crippen molar-refractivity contribution in [3.63, 3.8) is 0 Å². The van der Waals surface area contributed by atoms with Crippen molar-refractivity contribution in [3.8, 4) is 16.9 Å². The number of benzene rings is 2. The topological polar surface area (TPSA) is 50.6 Å². The van der Waals surface area contributed by atoms with E-state index in [0.29, 0.717) is 30.6 Å². The lowest BCUT2D eigenvalue weighted by atomic mass is 9.92. The molecule has 184 valence electrons. The van der Waals surface area contributed by atoms with Crippen LogP contribution in [0.1, 0.15) is 49.8 Å². The number of nitrogens with zero attached hydrogens (tertiary/aromatic N) is 4. The fourth-order valence-electron chi connectivity index (χ4n) is 5.13. The first-order chi connectivity index (χ1) is 16.8. The highest BCUT2D eigenvalue weighted by atomic mass is 19.3. The van der Waals surface area contributed by atoms with E-state index in [4.69, 9.17) is 4.74 Å². The first kappa shape index (κ1) is 23.3. The third-order valence-electron chi connectivity index (χ3n) is 6.80. The van der Waals surface area contributed by atoms with Gasteiger partial charge in [-0.25, -0.2) is 8.78 Å². The number of hydrogen-bond donors (Lipinski definition) is 0. The van der Waals surface area contributed by atoms with Crippen molar-refractivity contribution in [2.75, 3.05) is 18.0 Å². The predicted octanol–water partition coefficient (Wildman–Crippen LogP) is 5.63. The highest BCUT2D eigenvalue weighted by Gasteiger charge is 2.27. The molecule has 0 bridgehead atoms. The van der Waals surface area contributed by atoms with Gasteiger partial charge in [-0.05, 0) is 61.2 Å². The molecular formula is C27H30F2N4O2. The summed E-state index contributed by atoms with van der Waals surface area (Å²) in [6.07, 6.45) is 2.88. The average molecular weight is 481 g/mol. The van der Waals surface area contributed by atoms with Crippen LogP contribution in [-0.2, 0) is 24.8 Å². The maximum atomic E-state index is 14.2. The van der Waals surface area contributed by atoms with Gasteiger partial charge in [0.05, 0.1) is 12.7 Å².